The molecule has 1 aromatic carbocycles. The summed E-state index contributed by atoms with van der Waals surface area (Å²) in [7, 11) is 1.79. The van der Waals surface area contributed by atoms with Crippen LogP contribution in [0.5, 0.6) is 0 Å². The van der Waals surface area contributed by atoms with E-state index >= 15 is 0 Å². The van der Waals surface area contributed by atoms with Crippen LogP contribution >= 0.6 is 11.6 Å². The standard InChI is InChI=1S/C17H21ClN2O2/c1-20-9-8-13(10-15(20)21)17(22)19-16(11-2-3-11)12-4-6-14(18)7-5-12/h4-7,11,13,16H,2-3,8-10H2,1H3,(H,19,22)/t13-,16+/m1/s1. The monoisotopic (exact) mass is 320 g/mol. The van der Waals surface area contributed by atoms with Crippen LogP contribution in [-0.2, 0) is 9.59 Å². The first kappa shape index (κ1) is 15.3. The first-order valence-corrected chi connectivity index (χ1v) is 8.22. The number of halogens is 1. The van der Waals surface area contributed by atoms with Crippen LogP contribution in [-0.4, -0.2) is 30.3 Å². The largest absolute Gasteiger partial charge is 0.349 e. The lowest BCUT2D eigenvalue weighted by Gasteiger charge is -2.29. The fraction of sp³-hybridized carbons (Fsp3) is 0.529. The Balaban J connectivity index is 1.67. The molecule has 2 aliphatic rings. The molecule has 0 unspecified atom stereocenters. The lowest BCUT2D eigenvalue weighted by atomic mass is 9.94. The summed E-state index contributed by atoms with van der Waals surface area (Å²) in [6.07, 6.45) is 3.34. The number of likely N-dealkylation sites (tertiary alicyclic amines) is 1. The third kappa shape index (κ3) is 3.43. The fourth-order valence-corrected chi connectivity index (χ4v) is 3.14. The average Bonchev–Trinajstić information content (AvgIpc) is 3.33. The highest BCUT2D eigenvalue weighted by molar-refractivity contribution is 6.30. The number of benzene rings is 1. The molecule has 1 aliphatic carbocycles. The number of carbonyl (C=O) groups excluding carboxylic acids is 2. The van der Waals surface area contributed by atoms with Crippen LogP contribution in [0.15, 0.2) is 24.3 Å². The summed E-state index contributed by atoms with van der Waals surface area (Å²) >= 11 is 5.94. The van der Waals surface area contributed by atoms with Crippen molar-refractivity contribution < 1.29 is 9.59 Å². The van der Waals surface area contributed by atoms with Crippen molar-refractivity contribution in [2.45, 2.75) is 31.7 Å². The van der Waals surface area contributed by atoms with Crippen LogP contribution < -0.4 is 5.32 Å². The molecule has 1 N–H and O–H groups in total. The third-order valence-corrected chi connectivity index (χ3v) is 4.90. The van der Waals surface area contributed by atoms with Gasteiger partial charge in [0, 0.05) is 31.0 Å². The molecule has 1 saturated heterocycles. The summed E-state index contributed by atoms with van der Waals surface area (Å²) in [6, 6.07) is 7.71. The van der Waals surface area contributed by atoms with Gasteiger partial charge in [-0.1, -0.05) is 23.7 Å². The Morgan fingerprint density at radius 3 is 2.55 bits per heavy atom. The molecule has 0 radical (unpaired) electrons. The van der Waals surface area contributed by atoms with Gasteiger partial charge in [0.15, 0.2) is 0 Å². The van der Waals surface area contributed by atoms with E-state index in [-0.39, 0.29) is 23.8 Å². The molecule has 5 heteroatoms. The highest BCUT2D eigenvalue weighted by Crippen LogP contribution is 2.41. The van der Waals surface area contributed by atoms with Crippen LogP contribution in [0, 0.1) is 11.8 Å². The van der Waals surface area contributed by atoms with Gasteiger partial charge in [-0.3, -0.25) is 9.59 Å². The van der Waals surface area contributed by atoms with Gasteiger partial charge in [-0.25, -0.2) is 0 Å². The van der Waals surface area contributed by atoms with Crippen LogP contribution in [0.3, 0.4) is 0 Å². The van der Waals surface area contributed by atoms with E-state index in [9.17, 15) is 9.59 Å². The smallest absolute Gasteiger partial charge is 0.224 e. The molecule has 2 atom stereocenters. The second-order valence-electron chi connectivity index (χ2n) is 6.38. The minimum Gasteiger partial charge on any atom is -0.349 e. The van der Waals surface area contributed by atoms with E-state index in [1.54, 1.807) is 11.9 Å². The molecule has 118 valence electrons. The van der Waals surface area contributed by atoms with E-state index in [1.807, 2.05) is 24.3 Å². The SMILES string of the molecule is CN1CC[C@@H](C(=O)N[C@H](c2ccc(Cl)cc2)C2CC2)CC1=O. The van der Waals surface area contributed by atoms with Crippen LogP contribution in [0.4, 0.5) is 0 Å². The molecule has 3 rings (SSSR count). The molecule has 0 aromatic heterocycles. The Kier molecular flexibility index (Phi) is 4.39. The van der Waals surface area contributed by atoms with Crippen LogP contribution in [0.1, 0.15) is 37.3 Å². The van der Waals surface area contributed by atoms with E-state index in [1.165, 1.54) is 0 Å². The van der Waals surface area contributed by atoms with Crippen molar-refractivity contribution in [3.05, 3.63) is 34.9 Å². The van der Waals surface area contributed by atoms with Gasteiger partial charge in [-0.2, -0.15) is 0 Å². The highest BCUT2D eigenvalue weighted by Gasteiger charge is 2.36. The molecular formula is C17H21ClN2O2. The van der Waals surface area contributed by atoms with Crippen LogP contribution in [0.2, 0.25) is 5.02 Å². The third-order valence-electron chi connectivity index (χ3n) is 4.65. The van der Waals surface area contributed by atoms with Crippen molar-refractivity contribution in [3.8, 4) is 0 Å². The zero-order valence-corrected chi connectivity index (χ0v) is 13.5. The lowest BCUT2D eigenvalue weighted by molar-refractivity contribution is -0.139. The summed E-state index contributed by atoms with van der Waals surface area (Å²) in [6.45, 7) is 0.659. The molecule has 1 aliphatic heterocycles. The predicted molar refractivity (Wildman–Crippen MR) is 85.4 cm³/mol. The topological polar surface area (TPSA) is 49.4 Å². The number of rotatable bonds is 4. The summed E-state index contributed by atoms with van der Waals surface area (Å²) < 4.78 is 0. The van der Waals surface area contributed by atoms with Crippen LogP contribution in [0.25, 0.3) is 0 Å². The molecule has 4 nitrogen and oxygen atoms in total. The maximum Gasteiger partial charge on any atom is 0.224 e. The number of hydrogen-bond acceptors (Lipinski definition) is 2. The maximum atomic E-state index is 12.5. The maximum absolute atomic E-state index is 12.5. The quantitative estimate of drug-likeness (QED) is 0.927. The number of hydrogen-bond donors (Lipinski definition) is 1. The van der Waals surface area contributed by atoms with Gasteiger partial charge in [0.2, 0.25) is 11.8 Å². The number of amides is 2. The number of nitrogens with one attached hydrogen (secondary N) is 1. The molecule has 1 saturated carbocycles. The van der Waals surface area contributed by atoms with Crippen molar-refractivity contribution in [1.29, 1.82) is 0 Å². The molecule has 22 heavy (non-hydrogen) atoms. The Bertz CT molecular complexity index is 569. The van der Waals surface area contributed by atoms with Gasteiger partial charge in [0.1, 0.15) is 0 Å². The van der Waals surface area contributed by atoms with Crippen molar-refractivity contribution in [2.24, 2.45) is 11.8 Å². The molecule has 0 spiro atoms. The summed E-state index contributed by atoms with van der Waals surface area (Å²) in [5.74, 6) is 0.374. The highest BCUT2D eigenvalue weighted by atomic mass is 35.5. The lowest BCUT2D eigenvalue weighted by Crippen LogP contribution is -2.43. The van der Waals surface area contributed by atoms with E-state index in [2.05, 4.69) is 5.32 Å². The fourth-order valence-electron chi connectivity index (χ4n) is 3.01. The second-order valence-corrected chi connectivity index (χ2v) is 6.82. The Labute approximate surface area is 135 Å². The van der Waals surface area contributed by atoms with Gasteiger partial charge < -0.3 is 10.2 Å². The van der Waals surface area contributed by atoms with Gasteiger partial charge in [0.05, 0.1) is 6.04 Å². The van der Waals surface area contributed by atoms with E-state index in [4.69, 9.17) is 11.6 Å². The van der Waals surface area contributed by atoms with Gasteiger partial charge in [-0.05, 0) is 42.9 Å². The first-order valence-electron chi connectivity index (χ1n) is 7.84. The molecule has 2 amide bonds. The predicted octanol–water partition coefficient (Wildman–Crippen LogP) is 2.78. The Morgan fingerprint density at radius 1 is 1.27 bits per heavy atom. The Morgan fingerprint density at radius 2 is 1.95 bits per heavy atom. The van der Waals surface area contributed by atoms with E-state index in [0.29, 0.717) is 23.9 Å². The summed E-state index contributed by atoms with van der Waals surface area (Å²) in [4.78, 5) is 26.0. The van der Waals surface area contributed by atoms with E-state index in [0.717, 1.165) is 24.8 Å². The number of carbonyl (C=O) groups is 2. The minimum atomic E-state index is -0.197. The van der Waals surface area contributed by atoms with Crippen molar-refractivity contribution in [1.82, 2.24) is 10.2 Å². The van der Waals surface area contributed by atoms with E-state index < -0.39 is 0 Å². The molecule has 1 heterocycles. The van der Waals surface area contributed by atoms with Crippen molar-refractivity contribution in [3.63, 3.8) is 0 Å². The molecule has 1 aromatic rings. The number of nitrogens with zero attached hydrogens (tertiary/aromatic N) is 1. The van der Waals surface area contributed by atoms with Crippen molar-refractivity contribution in [2.75, 3.05) is 13.6 Å². The van der Waals surface area contributed by atoms with Gasteiger partial charge in [0.25, 0.3) is 0 Å². The normalized spacial score (nSPS) is 23.3. The Hall–Kier alpha value is -1.55. The average molecular weight is 321 g/mol. The van der Waals surface area contributed by atoms with Gasteiger partial charge >= 0.3 is 0 Å². The summed E-state index contributed by atoms with van der Waals surface area (Å²) in [5, 5.41) is 3.87. The minimum absolute atomic E-state index is 0.00769. The first-order chi connectivity index (χ1) is 10.5. The van der Waals surface area contributed by atoms with Gasteiger partial charge in [-0.15, -0.1) is 0 Å². The molecule has 2 fully saturated rings. The molecule has 0 bridgehead atoms. The zero-order valence-electron chi connectivity index (χ0n) is 12.7. The zero-order chi connectivity index (χ0) is 15.7. The second kappa shape index (κ2) is 6.29. The number of piperidine rings is 1. The molecular weight excluding hydrogens is 300 g/mol. The summed E-state index contributed by atoms with van der Waals surface area (Å²) in [5.41, 5.74) is 1.10. The van der Waals surface area contributed by atoms with Crippen molar-refractivity contribution >= 4 is 23.4 Å².